The zero-order valence-corrected chi connectivity index (χ0v) is 8.97. The quantitative estimate of drug-likeness (QED) is 0.726. The van der Waals surface area contributed by atoms with Crippen LogP contribution in [0.3, 0.4) is 0 Å². The van der Waals surface area contributed by atoms with Gasteiger partial charge in [-0.25, -0.2) is 14.8 Å². The van der Waals surface area contributed by atoms with Gasteiger partial charge in [-0.15, -0.1) is 0 Å². The number of rotatable bonds is 3. The second-order valence-electron chi connectivity index (χ2n) is 3.74. The molecule has 1 aromatic heterocycles. The number of aliphatic hydroxyl groups excluding tert-OH is 1. The monoisotopic (exact) mass is 210 g/mol. The van der Waals surface area contributed by atoms with Crippen molar-refractivity contribution in [3.63, 3.8) is 0 Å². The number of nitrogens with zero attached hydrogens (tertiary/aromatic N) is 2. The van der Waals surface area contributed by atoms with Gasteiger partial charge in [0, 0.05) is 11.6 Å². The Morgan fingerprint density at radius 1 is 1.60 bits per heavy atom. The van der Waals surface area contributed by atoms with E-state index in [0.717, 1.165) is 0 Å². The zero-order chi connectivity index (χ0) is 11.5. The molecule has 0 saturated carbocycles. The van der Waals surface area contributed by atoms with E-state index in [-0.39, 0.29) is 0 Å². The molecule has 1 unspecified atom stereocenters. The maximum Gasteiger partial charge on any atom is 0.335 e. The lowest BCUT2D eigenvalue weighted by Gasteiger charge is -2.27. The molecular weight excluding hydrogens is 196 g/mol. The average Bonchev–Trinajstić information content (AvgIpc) is 2.28. The number of hydrogen-bond acceptors (Lipinski definition) is 5. The van der Waals surface area contributed by atoms with E-state index in [2.05, 4.69) is 14.7 Å². The van der Waals surface area contributed by atoms with Gasteiger partial charge < -0.3 is 9.84 Å². The highest BCUT2D eigenvalue weighted by Crippen LogP contribution is 2.25. The first-order chi connectivity index (χ1) is 7.00. The van der Waals surface area contributed by atoms with Crippen molar-refractivity contribution in [3.05, 3.63) is 24.3 Å². The lowest BCUT2D eigenvalue weighted by Crippen LogP contribution is -2.41. The summed E-state index contributed by atoms with van der Waals surface area (Å²) in [4.78, 5) is 19.0. The number of carbonyl (C=O) groups excluding carboxylic acids is 1. The van der Waals surface area contributed by atoms with E-state index >= 15 is 0 Å². The first kappa shape index (κ1) is 11.6. The van der Waals surface area contributed by atoms with Crippen molar-refractivity contribution < 1.29 is 14.6 Å². The molecule has 0 amide bonds. The van der Waals surface area contributed by atoms with Crippen molar-refractivity contribution in [3.8, 4) is 0 Å². The van der Waals surface area contributed by atoms with Crippen molar-refractivity contribution in [1.82, 2.24) is 9.97 Å². The SMILES string of the molecule is COC(=O)C(O)C(C)(C)c1ccncn1. The molecule has 0 aliphatic carbocycles. The van der Waals surface area contributed by atoms with Crippen molar-refractivity contribution in [2.24, 2.45) is 0 Å². The molecule has 5 nitrogen and oxygen atoms in total. The van der Waals surface area contributed by atoms with Crippen LogP contribution in [0.15, 0.2) is 18.6 Å². The molecule has 1 aromatic rings. The minimum atomic E-state index is -1.24. The molecule has 0 aliphatic heterocycles. The Kier molecular flexibility index (Phi) is 3.36. The van der Waals surface area contributed by atoms with Gasteiger partial charge in [-0.2, -0.15) is 0 Å². The van der Waals surface area contributed by atoms with E-state index in [9.17, 15) is 9.90 Å². The highest BCUT2D eigenvalue weighted by atomic mass is 16.5. The molecule has 15 heavy (non-hydrogen) atoms. The van der Waals surface area contributed by atoms with Crippen LogP contribution in [-0.2, 0) is 14.9 Å². The molecule has 1 rings (SSSR count). The Morgan fingerprint density at radius 2 is 2.27 bits per heavy atom. The predicted molar refractivity (Wildman–Crippen MR) is 53.1 cm³/mol. The third kappa shape index (κ3) is 2.30. The van der Waals surface area contributed by atoms with E-state index in [1.165, 1.54) is 13.4 Å². The Morgan fingerprint density at radius 3 is 2.73 bits per heavy atom. The Bertz CT molecular complexity index is 338. The summed E-state index contributed by atoms with van der Waals surface area (Å²) in [5.41, 5.74) is -0.203. The summed E-state index contributed by atoms with van der Waals surface area (Å²) in [6.45, 7) is 3.44. The number of esters is 1. The largest absolute Gasteiger partial charge is 0.467 e. The van der Waals surface area contributed by atoms with Crippen LogP contribution < -0.4 is 0 Å². The summed E-state index contributed by atoms with van der Waals surface area (Å²) in [7, 11) is 1.24. The topological polar surface area (TPSA) is 72.3 Å². The fraction of sp³-hybridized carbons (Fsp3) is 0.500. The molecule has 0 saturated heterocycles. The maximum atomic E-state index is 11.2. The third-order valence-electron chi connectivity index (χ3n) is 2.35. The highest BCUT2D eigenvalue weighted by Gasteiger charge is 2.37. The minimum absolute atomic E-state index is 0.593. The minimum Gasteiger partial charge on any atom is -0.467 e. The van der Waals surface area contributed by atoms with Gasteiger partial charge in [-0.05, 0) is 6.07 Å². The molecular formula is C10H14N2O3. The van der Waals surface area contributed by atoms with Gasteiger partial charge >= 0.3 is 5.97 Å². The standard InChI is InChI=1S/C10H14N2O3/c1-10(2,8(13)9(14)15-3)7-4-5-11-6-12-7/h4-6,8,13H,1-3H3. The second-order valence-corrected chi connectivity index (χ2v) is 3.74. The van der Waals surface area contributed by atoms with Gasteiger partial charge in [0.2, 0.25) is 0 Å². The van der Waals surface area contributed by atoms with E-state index in [1.54, 1.807) is 26.1 Å². The Balaban J connectivity index is 2.97. The molecule has 1 heterocycles. The number of aromatic nitrogens is 2. The molecule has 0 aliphatic rings. The first-order valence-electron chi connectivity index (χ1n) is 4.52. The number of aliphatic hydroxyl groups is 1. The van der Waals surface area contributed by atoms with Crippen LogP contribution in [0.25, 0.3) is 0 Å². The smallest absolute Gasteiger partial charge is 0.335 e. The summed E-state index contributed by atoms with van der Waals surface area (Å²) < 4.78 is 4.49. The fourth-order valence-electron chi connectivity index (χ4n) is 1.22. The van der Waals surface area contributed by atoms with Gasteiger partial charge in [-0.1, -0.05) is 13.8 Å². The van der Waals surface area contributed by atoms with Gasteiger partial charge in [0.15, 0.2) is 6.10 Å². The molecule has 5 heteroatoms. The van der Waals surface area contributed by atoms with E-state index < -0.39 is 17.5 Å². The summed E-state index contributed by atoms with van der Waals surface area (Å²) in [5, 5.41) is 9.76. The summed E-state index contributed by atoms with van der Waals surface area (Å²) >= 11 is 0. The molecule has 0 radical (unpaired) electrons. The van der Waals surface area contributed by atoms with Crippen LogP contribution in [0, 0.1) is 0 Å². The zero-order valence-electron chi connectivity index (χ0n) is 8.97. The summed E-state index contributed by atoms with van der Waals surface area (Å²) in [6, 6.07) is 1.66. The van der Waals surface area contributed by atoms with Gasteiger partial charge in [0.25, 0.3) is 0 Å². The number of methoxy groups -OCH3 is 1. The Hall–Kier alpha value is -1.49. The lowest BCUT2D eigenvalue weighted by molar-refractivity contribution is -0.154. The van der Waals surface area contributed by atoms with Crippen molar-refractivity contribution in [2.75, 3.05) is 7.11 Å². The van der Waals surface area contributed by atoms with E-state index in [0.29, 0.717) is 5.69 Å². The number of carbonyl (C=O) groups is 1. The molecule has 1 N–H and O–H groups in total. The van der Waals surface area contributed by atoms with Crippen molar-refractivity contribution in [1.29, 1.82) is 0 Å². The molecule has 0 aromatic carbocycles. The van der Waals surface area contributed by atoms with Crippen LogP contribution in [0.1, 0.15) is 19.5 Å². The normalized spacial score (nSPS) is 13.3. The van der Waals surface area contributed by atoms with Crippen LogP contribution in [0.4, 0.5) is 0 Å². The lowest BCUT2D eigenvalue weighted by atomic mass is 9.83. The van der Waals surface area contributed by atoms with Crippen LogP contribution in [0.5, 0.6) is 0 Å². The second kappa shape index (κ2) is 4.35. The highest BCUT2D eigenvalue weighted by molar-refractivity contribution is 5.76. The predicted octanol–water partition coefficient (Wildman–Crippen LogP) is 0.288. The van der Waals surface area contributed by atoms with Gasteiger partial charge in [0.05, 0.1) is 12.8 Å². The van der Waals surface area contributed by atoms with Gasteiger partial charge in [-0.3, -0.25) is 0 Å². The van der Waals surface area contributed by atoms with E-state index in [1.807, 2.05) is 0 Å². The molecule has 0 fully saturated rings. The van der Waals surface area contributed by atoms with Gasteiger partial charge in [0.1, 0.15) is 6.33 Å². The van der Waals surface area contributed by atoms with Crippen LogP contribution in [-0.4, -0.2) is 34.3 Å². The maximum absolute atomic E-state index is 11.2. The van der Waals surface area contributed by atoms with Crippen molar-refractivity contribution in [2.45, 2.75) is 25.4 Å². The third-order valence-corrected chi connectivity index (χ3v) is 2.35. The van der Waals surface area contributed by atoms with Crippen LogP contribution in [0.2, 0.25) is 0 Å². The number of ether oxygens (including phenoxy) is 1. The average molecular weight is 210 g/mol. The van der Waals surface area contributed by atoms with E-state index in [4.69, 9.17) is 0 Å². The molecule has 0 bridgehead atoms. The Labute approximate surface area is 88.1 Å². The first-order valence-corrected chi connectivity index (χ1v) is 4.52. The van der Waals surface area contributed by atoms with Crippen LogP contribution >= 0.6 is 0 Å². The fourth-order valence-corrected chi connectivity index (χ4v) is 1.22. The summed E-state index contributed by atoms with van der Waals surface area (Å²) in [5.74, 6) is -0.668. The molecule has 0 spiro atoms. The van der Waals surface area contributed by atoms with Crippen molar-refractivity contribution >= 4 is 5.97 Å². The summed E-state index contributed by atoms with van der Waals surface area (Å²) in [6.07, 6.45) is 1.70. The number of hydrogen-bond donors (Lipinski definition) is 1. The molecule has 82 valence electrons. The molecule has 1 atom stereocenters.